The standard InChI is InChI=1S/C18H20N4O2/c19-10-13-6-8-22(12-13)18(24)14-3-1-5-16(9-14)21-17(23)15-4-2-7-20-11-15/h1-5,7,9,11,13H,6,8,10,12,19H2,(H,21,23). The molecule has 0 aliphatic carbocycles. The van der Waals surface area contributed by atoms with E-state index in [0.717, 1.165) is 13.0 Å². The Bertz CT molecular complexity index is 733. The summed E-state index contributed by atoms with van der Waals surface area (Å²) in [6, 6.07) is 10.4. The number of anilines is 1. The van der Waals surface area contributed by atoms with Crippen molar-refractivity contribution in [3.63, 3.8) is 0 Å². The molecule has 1 aliphatic heterocycles. The van der Waals surface area contributed by atoms with Crippen molar-refractivity contribution in [3.05, 3.63) is 59.9 Å². The Kier molecular flexibility index (Phi) is 4.86. The number of likely N-dealkylation sites (tertiary alicyclic amines) is 1. The van der Waals surface area contributed by atoms with Gasteiger partial charge in [-0.25, -0.2) is 0 Å². The molecule has 2 amide bonds. The van der Waals surface area contributed by atoms with Gasteiger partial charge in [0.15, 0.2) is 0 Å². The maximum absolute atomic E-state index is 12.6. The van der Waals surface area contributed by atoms with Gasteiger partial charge in [-0.3, -0.25) is 14.6 Å². The average molecular weight is 324 g/mol. The van der Waals surface area contributed by atoms with E-state index in [9.17, 15) is 9.59 Å². The Labute approximate surface area is 140 Å². The second kappa shape index (κ2) is 7.23. The van der Waals surface area contributed by atoms with Crippen molar-refractivity contribution in [2.75, 3.05) is 25.0 Å². The lowest BCUT2D eigenvalue weighted by molar-refractivity contribution is 0.0787. The number of nitrogens with one attached hydrogen (secondary N) is 1. The molecular weight excluding hydrogens is 304 g/mol. The number of pyridine rings is 1. The highest BCUT2D eigenvalue weighted by Crippen LogP contribution is 2.19. The predicted molar refractivity (Wildman–Crippen MR) is 91.7 cm³/mol. The molecule has 0 spiro atoms. The van der Waals surface area contributed by atoms with E-state index in [2.05, 4.69) is 10.3 Å². The number of hydrogen-bond acceptors (Lipinski definition) is 4. The number of nitrogens with two attached hydrogens (primary N) is 1. The Morgan fingerprint density at radius 1 is 1.25 bits per heavy atom. The maximum Gasteiger partial charge on any atom is 0.257 e. The van der Waals surface area contributed by atoms with Gasteiger partial charge in [0.25, 0.3) is 11.8 Å². The van der Waals surface area contributed by atoms with E-state index in [1.54, 1.807) is 42.6 Å². The fourth-order valence-electron chi connectivity index (χ4n) is 2.82. The highest BCUT2D eigenvalue weighted by atomic mass is 16.2. The Morgan fingerprint density at radius 3 is 2.79 bits per heavy atom. The molecule has 1 aromatic carbocycles. The van der Waals surface area contributed by atoms with Gasteiger partial charge >= 0.3 is 0 Å². The van der Waals surface area contributed by atoms with Crippen LogP contribution in [0.5, 0.6) is 0 Å². The number of carbonyl (C=O) groups excluding carboxylic acids is 2. The van der Waals surface area contributed by atoms with Crippen molar-refractivity contribution in [2.45, 2.75) is 6.42 Å². The van der Waals surface area contributed by atoms with Crippen LogP contribution in [-0.2, 0) is 0 Å². The average Bonchev–Trinajstić information content (AvgIpc) is 3.11. The van der Waals surface area contributed by atoms with Gasteiger partial charge in [0.05, 0.1) is 5.56 Å². The Balaban J connectivity index is 1.70. The van der Waals surface area contributed by atoms with Crippen molar-refractivity contribution in [3.8, 4) is 0 Å². The second-order valence-corrected chi connectivity index (χ2v) is 5.92. The molecule has 3 N–H and O–H groups in total. The molecular formula is C18H20N4O2. The van der Waals surface area contributed by atoms with Crippen LogP contribution in [0.25, 0.3) is 0 Å². The zero-order chi connectivity index (χ0) is 16.9. The third-order valence-corrected chi connectivity index (χ3v) is 4.20. The summed E-state index contributed by atoms with van der Waals surface area (Å²) < 4.78 is 0. The highest BCUT2D eigenvalue weighted by Gasteiger charge is 2.26. The van der Waals surface area contributed by atoms with Crippen molar-refractivity contribution in [1.29, 1.82) is 0 Å². The van der Waals surface area contributed by atoms with Crippen LogP contribution in [0.15, 0.2) is 48.8 Å². The SMILES string of the molecule is NCC1CCN(C(=O)c2cccc(NC(=O)c3cccnc3)c2)C1. The summed E-state index contributed by atoms with van der Waals surface area (Å²) in [6.07, 6.45) is 4.06. The number of nitrogens with zero attached hydrogens (tertiary/aromatic N) is 2. The molecule has 2 heterocycles. The van der Waals surface area contributed by atoms with Gasteiger partial charge in [-0.1, -0.05) is 6.07 Å². The Hall–Kier alpha value is -2.73. The van der Waals surface area contributed by atoms with E-state index in [-0.39, 0.29) is 11.8 Å². The molecule has 1 fully saturated rings. The zero-order valence-electron chi connectivity index (χ0n) is 13.3. The third kappa shape index (κ3) is 3.60. The quantitative estimate of drug-likeness (QED) is 0.897. The summed E-state index contributed by atoms with van der Waals surface area (Å²) in [5.74, 6) is 0.0999. The highest BCUT2D eigenvalue weighted by molar-refractivity contribution is 6.04. The normalized spacial score (nSPS) is 16.9. The van der Waals surface area contributed by atoms with Crippen LogP contribution in [0.1, 0.15) is 27.1 Å². The first-order chi connectivity index (χ1) is 11.7. The molecule has 1 atom stereocenters. The summed E-state index contributed by atoms with van der Waals surface area (Å²) in [5, 5.41) is 2.79. The molecule has 2 aromatic rings. The van der Waals surface area contributed by atoms with Crippen LogP contribution in [0.4, 0.5) is 5.69 Å². The largest absolute Gasteiger partial charge is 0.338 e. The van der Waals surface area contributed by atoms with Gasteiger partial charge in [-0.05, 0) is 49.2 Å². The van der Waals surface area contributed by atoms with E-state index < -0.39 is 0 Å². The number of hydrogen-bond donors (Lipinski definition) is 2. The van der Waals surface area contributed by atoms with E-state index in [1.807, 2.05) is 4.90 Å². The number of aromatic nitrogens is 1. The van der Waals surface area contributed by atoms with Gasteiger partial charge in [0.1, 0.15) is 0 Å². The molecule has 1 aromatic heterocycles. The summed E-state index contributed by atoms with van der Waals surface area (Å²) in [5.41, 5.74) is 7.30. The molecule has 1 unspecified atom stereocenters. The van der Waals surface area contributed by atoms with Gasteiger partial charge in [0, 0.05) is 36.7 Å². The lowest BCUT2D eigenvalue weighted by atomic mass is 10.1. The van der Waals surface area contributed by atoms with Gasteiger partial charge < -0.3 is 16.0 Å². The molecule has 6 nitrogen and oxygen atoms in total. The van der Waals surface area contributed by atoms with E-state index >= 15 is 0 Å². The predicted octanol–water partition coefficient (Wildman–Crippen LogP) is 1.75. The second-order valence-electron chi connectivity index (χ2n) is 5.92. The van der Waals surface area contributed by atoms with Crippen molar-refractivity contribution in [1.82, 2.24) is 9.88 Å². The molecule has 124 valence electrons. The molecule has 0 radical (unpaired) electrons. The van der Waals surface area contributed by atoms with Crippen LogP contribution in [0.2, 0.25) is 0 Å². The lowest BCUT2D eigenvalue weighted by Gasteiger charge is -2.17. The van der Waals surface area contributed by atoms with E-state index in [1.165, 1.54) is 6.20 Å². The summed E-state index contributed by atoms with van der Waals surface area (Å²) in [4.78, 5) is 30.5. The fraction of sp³-hybridized carbons (Fsp3) is 0.278. The molecule has 3 rings (SSSR count). The number of rotatable bonds is 4. The molecule has 24 heavy (non-hydrogen) atoms. The number of benzene rings is 1. The van der Waals surface area contributed by atoms with Crippen molar-refractivity contribution < 1.29 is 9.59 Å². The first-order valence-electron chi connectivity index (χ1n) is 7.98. The van der Waals surface area contributed by atoms with Crippen LogP contribution in [0.3, 0.4) is 0 Å². The first-order valence-corrected chi connectivity index (χ1v) is 7.98. The van der Waals surface area contributed by atoms with Crippen molar-refractivity contribution >= 4 is 17.5 Å². The van der Waals surface area contributed by atoms with E-state index in [4.69, 9.17) is 5.73 Å². The topological polar surface area (TPSA) is 88.3 Å². The molecule has 6 heteroatoms. The molecule has 0 saturated carbocycles. The van der Waals surface area contributed by atoms with E-state index in [0.29, 0.717) is 35.8 Å². The fourth-order valence-corrected chi connectivity index (χ4v) is 2.82. The number of amides is 2. The van der Waals surface area contributed by atoms with Gasteiger partial charge in [-0.2, -0.15) is 0 Å². The van der Waals surface area contributed by atoms with Crippen LogP contribution in [0, 0.1) is 5.92 Å². The maximum atomic E-state index is 12.6. The lowest BCUT2D eigenvalue weighted by Crippen LogP contribution is -2.29. The van der Waals surface area contributed by atoms with Crippen LogP contribution in [-0.4, -0.2) is 41.3 Å². The minimum Gasteiger partial charge on any atom is -0.338 e. The van der Waals surface area contributed by atoms with Crippen molar-refractivity contribution in [2.24, 2.45) is 11.7 Å². The van der Waals surface area contributed by atoms with Crippen LogP contribution < -0.4 is 11.1 Å². The summed E-state index contributed by atoms with van der Waals surface area (Å²) in [6.45, 7) is 2.03. The summed E-state index contributed by atoms with van der Waals surface area (Å²) >= 11 is 0. The minimum atomic E-state index is -0.253. The minimum absolute atomic E-state index is 0.0246. The molecule has 1 aliphatic rings. The smallest absolute Gasteiger partial charge is 0.257 e. The summed E-state index contributed by atoms with van der Waals surface area (Å²) in [7, 11) is 0. The molecule has 0 bridgehead atoms. The van der Waals surface area contributed by atoms with Crippen LogP contribution >= 0.6 is 0 Å². The third-order valence-electron chi connectivity index (χ3n) is 4.20. The Morgan fingerprint density at radius 2 is 2.08 bits per heavy atom. The number of carbonyl (C=O) groups is 2. The monoisotopic (exact) mass is 324 g/mol. The van der Waals surface area contributed by atoms with Gasteiger partial charge in [0.2, 0.25) is 0 Å². The zero-order valence-corrected chi connectivity index (χ0v) is 13.3. The molecule has 1 saturated heterocycles. The van der Waals surface area contributed by atoms with Gasteiger partial charge in [-0.15, -0.1) is 0 Å². The first kappa shape index (κ1) is 16.1.